The van der Waals surface area contributed by atoms with Gasteiger partial charge in [-0.1, -0.05) is 6.92 Å². The molecule has 0 amide bonds. The van der Waals surface area contributed by atoms with Crippen LogP contribution in [0.3, 0.4) is 0 Å². The van der Waals surface area contributed by atoms with Gasteiger partial charge in [0.2, 0.25) is 0 Å². The van der Waals surface area contributed by atoms with Gasteiger partial charge >= 0.3 is 0 Å². The molecule has 4 nitrogen and oxygen atoms in total. The smallest absolute Gasteiger partial charge is 0.0922 e. The van der Waals surface area contributed by atoms with Crippen LogP contribution in [0.1, 0.15) is 26.5 Å². The lowest BCUT2D eigenvalue weighted by molar-refractivity contribution is 0.233. The highest BCUT2D eigenvalue weighted by Gasteiger charge is 2.05. The fraction of sp³-hybridized carbons (Fsp3) is 0.727. The van der Waals surface area contributed by atoms with E-state index in [2.05, 4.69) is 41.0 Å². The third-order valence-corrected chi connectivity index (χ3v) is 2.58. The van der Waals surface area contributed by atoms with E-state index in [1.54, 1.807) is 6.33 Å². The van der Waals surface area contributed by atoms with Gasteiger partial charge < -0.3 is 10.3 Å². The molecular formula is C11H22N4. The van der Waals surface area contributed by atoms with Crippen LogP contribution in [0.25, 0.3) is 0 Å². The van der Waals surface area contributed by atoms with Gasteiger partial charge in [-0.05, 0) is 20.4 Å². The minimum absolute atomic E-state index is 0.629. The number of nitrogens with zero attached hydrogens (tertiary/aromatic N) is 2. The van der Waals surface area contributed by atoms with Crippen molar-refractivity contribution in [1.82, 2.24) is 20.2 Å². The van der Waals surface area contributed by atoms with Gasteiger partial charge in [-0.15, -0.1) is 0 Å². The van der Waals surface area contributed by atoms with Crippen LogP contribution in [0.15, 0.2) is 12.5 Å². The monoisotopic (exact) mass is 210 g/mol. The van der Waals surface area contributed by atoms with Gasteiger partial charge in [0.05, 0.1) is 6.33 Å². The summed E-state index contributed by atoms with van der Waals surface area (Å²) in [6, 6.07) is 0.629. The molecule has 0 fully saturated rings. The molecule has 0 saturated carbocycles. The average Bonchev–Trinajstić information content (AvgIpc) is 2.70. The number of rotatable bonds is 7. The Kier molecular flexibility index (Phi) is 5.36. The highest BCUT2D eigenvalue weighted by atomic mass is 15.2. The molecule has 0 bridgehead atoms. The molecule has 0 aromatic carbocycles. The van der Waals surface area contributed by atoms with Crippen molar-refractivity contribution in [3.05, 3.63) is 18.2 Å². The van der Waals surface area contributed by atoms with Gasteiger partial charge in [-0.25, -0.2) is 4.98 Å². The number of likely N-dealkylation sites (N-methyl/N-ethyl adjacent to an activating group) is 1. The molecule has 4 heteroatoms. The maximum absolute atomic E-state index is 3.97. The molecule has 86 valence electrons. The van der Waals surface area contributed by atoms with Gasteiger partial charge in [0.25, 0.3) is 0 Å². The Morgan fingerprint density at radius 1 is 1.53 bits per heavy atom. The first kappa shape index (κ1) is 12.2. The van der Waals surface area contributed by atoms with Crippen LogP contribution in [0.4, 0.5) is 0 Å². The van der Waals surface area contributed by atoms with E-state index >= 15 is 0 Å². The molecule has 0 spiro atoms. The minimum Gasteiger partial charge on any atom is -0.347 e. The number of H-pyrrole nitrogens is 1. The third kappa shape index (κ3) is 4.44. The van der Waals surface area contributed by atoms with Crippen molar-refractivity contribution in [3.8, 4) is 0 Å². The summed E-state index contributed by atoms with van der Waals surface area (Å²) in [7, 11) is 0. The zero-order chi connectivity index (χ0) is 11.1. The van der Waals surface area contributed by atoms with E-state index in [1.807, 2.05) is 6.20 Å². The molecule has 0 radical (unpaired) electrons. The number of imidazole rings is 1. The number of hydrogen-bond donors (Lipinski definition) is 2. The second-order valence-electron chi connectivity index (χ2n) is 3.98. The zero-order valence-corrected chi connectivity index (χ0v) is 9.95. The van der Waals surface area contributed by atoms with Crippen molar-refractivity contribution < 1.29 is 0 Å². The molecule has 1 rings (SSSR count). The van der Waals surface area contributed by atoms with Crippen molar-refractivity contribution in [3.63, 3.8) is 0 Å². The molecule has 0 saturated heterocycles. The maximum Gasteiger partial charge on any atom is 0.0922 e. The lowest BCUT2D eigenvalue weighted by Crippen LogP contribution is -2.36. The maximum atomic E-state index is 3.97. The summed E-state index contributed by atoms with van der Waals surface area (Å²) in [4.78, 5) is 9.49. The summed E-state index contributed by atoms with van der Waals surface area (Å²) in [5.41, 5.74) is 1.14. The van der Waals surface area contributed by atoms with E-state index in [0.717, 1.165) is 31.9 Å². The summed E-state index contributed by atoms with van der Waals surface area (Å²) in [5.74, 6) is 0. The first-order valence-electron chi connectivity index (χ1n) is 5.66. The van der Waals surface area contributed by atoms with E-state index in [0.29, 0.717) is 6.04 Å². The molecule has 0 aliphatic heterocycles. The standard InChI is InChI=1S/C11H22N4/c1-4-15(10(2)3)6-5-12-7-11-8-13-9-14-11/h8-10,12H,4-7H2,1-3H3,(H,13,14). The molecule has 0 aliphatic carbocycles. The van der Waals surface area contributed by atoms with Gasteiger partial charge in [-0.2, -0.15) is 0 Å². The number of hydrogen-bond acceptors (Lipinski definition) is 3. The van der Waals surface area contributed by atoms with Crippen LogP contribution in [-0.2, 0) is 6.54 Å². The summed E-state index contributed by atoms with van der Waals surface area (Å²) in [6.45, 7) is 10.8. The van der Waals surface area contributed by atoms with Crippen LogP contribution in [0.2, 0.25) is 0 Å². The number of aromatic amines is 1. The Hall–Kier alpha value is -0.870. The van der Waals surface area contributed by atoms with Gasteiger partial charge in [-0.3, -0.25) is 4.90 Å². The normalized spacial score (nSPS) is 11.5. The minimum atomic E-state index is 0.629. The second-order valence-corrected chi connectivity index (χ2v) is 3.98. The Balaban J connectivity index is 2.10. The third-order valence-electron chi connectivity index (χ3n) is 2.58. The fourth-order valence-corrected chi connectivity index (χ4v) is 1.61. The predicted octanol–water partition coefficient (Wildman–Crippen LogP) is 1.23. The molecule has 1 heterocycles. The predicted molar refractivity (Wildman–Crippen MR) is 62.7 cm³/mol. The molecule has 0 unspecified atom stereocenters. The van der Waals surface area contributed by atoms with E-state index < -0.39 is 0 Å². The van der Waals surface area contributed by atoms with Gasteiger partial charge in [0.1, 0.15) is 0 Å². The lowest BCUT2D eigenvalue weighted by Gasteiger charge is -2.24. The summed E-state index contributed by atoms with van der Waals surface area (Å²) >= 11 is 0. The first-order chi connectivity index (χ1) is 7.24. The van der Waals surface area contributed by atoms with E-state index in [1.165, 1.54) is 0 Å². The molecule has 15 heavy (non-hydrogen) atoms. The van der Waals surface area contributed by atoms with Crippen LogP contribution < -0.4 is 5.32 Å². The van der Waals surface area contributed by atoms with Gasteiger partial charge in [0, 0.05) is 37.6 Å². The first-order valence-corrected chi connectivity index (χ1v) is 5.66. The van der Waals surface area contributed by atoms with E-state index in [-0.39, 0.29) is 0 Å². The second kappa shape index (κ2) is 6.58. The van der Waals surface area contributed by atoms with Crippen LogP contribution in [0, 0.1) is 0 Å². The molecular weight excluding hydrogens is 188 g/mol. The van der Waals surface area contributed by atoms with Crippen molar-refractivity contribution in [1.29, 1.82) is 0 Å². The van der Waals surface area contributed by atoms with Crippen LogP contribution in [-0.4, -0.2) is 40.5 Å². The molecule has 0 atom stereocenters. The Morgan fingerprint density at radius 2 is 2.33 bits per heavy atom. The highest BCUT2D eigenvalue weighted by Crippen LogP contribution is 1.95. The van der Waals surface area contributed by atoms with Crippen molar-refractivity contribution >= 4 is 0 Å². The Morgan fingerprint density at radius 3 is 2.87 bits per heavy atom. The summed E-state index contributed by atoms with van der Waals surface area (Å²) in [5, 5.41) is 3.39. The van der Waals surface area contributed by atoms with E-state index in [4.69, 9.17) is 0 Å². The number of nitrogens with one attached hydrogen (secondary N) is 2. The average molecular weight is 210 g/mol. The van der Waals surface area contributed by atoms with Crippen molar-refractivity contribution in [2.45, 2.75) is 33.4 Å². The lowest BCUT2D eigenvalue weighted by atomic mass is 10.3. The molecule has 1 aromatic rings. The highest BCUT2D eigenvalue weighted by molar-refractivity contribution is 4.92. The molecule has 0 aliphatic rings. The van der Waals surface area contributed by atoms with E-state index in [9.17, 15) is 0 Å². The number of aromatic nitrogens is 2. The molecule has 2 N–H and O–H groups in total. The zero-order valence-electron chi connectivity index (χ0n) is 9.95. The topological polar surface area (TPSA) is 44.0 Å². The molecule has 1 aromatic heterocycles. The SMILES string of the molecule is CCN(CCNCc1cnc[nH]1)C(C)C. The van der Waals surface area contributed by atoms with Gasteiger partial charge in [0.15, 0.2) is 0 Å². The Labute approximate surface area is 92.1 Å². The largest absolute Gasteiger partial charge is 0.347 e. The fourth-order valence-electron chi connectivity index (χ4n) is 1.61. The Bertz CT molecular complexity index is 243. The summed E-state index contributed by atoms with van der Waals surface area (Å²) < 4.78 is 0. The summed E-state index contributed by atoms with van der Waals surface area (Å²) in [6.07, 6.45) is 3.57. The van der Waals surface area contributed by atoms with Crippen molar-refractivity contribution in [2.75, 3.05) is 19.6 Å². The van der Waals surface area contributed by atoms with Crippen molar-refractivity contribution in [2.24, 2.45) is 0 Å². The van der Waals surface area contributed by atoms with Crippen LogP contribution in [0.5, 0.6) is 0 Å². The van der Waals surface area contributed by atoms with Crippen LogP contribution >= 0.6 is 0 Å². The quantitative estimate of drug-likeness (QED) is 0.665.